The molecule has 1 amide bonds. The van der Waals surface area contributed by atoms with Crippen LogP contribution < -0.4 is 15.4 Å². The fourth-order valence-corrected chi connectivity index (χ4v) is 2.47. The van der Waals surface area contributed by atoms with Crippen molar-refractivity contribution in [3.8, 4) is 5.75 Å². The van der Waals surface area contributed by atoms with Gasteiger partial charge in [-0.1, -0.05) is 31.4 Å². The zero-order chi connectivity index (χ0) is 17.4. The minimum Gasteiger partial charge on any atom is -0.495 e. The summed E-state index contributed by atoms with van der Waals surface area (Å²) in [6.45, 7) is 3.01. The van der Waals surface area contributed by atoms with Gasteiger partial charge in [0.2, 0.25) is 0 Å². The van der Waals surface area contributed by atoms with Crippen LogP contribution in [0.25, 0.3) is 0 Å². The van der Waals surface area contributed by atoms with Crippen LogP contribution in [-0.4, -0.2) is 24.5 Å². The van der Waals surface area contributed by atoms with Crippen molar-refractivity contribution in [2.45, 2.75) is 26.2 Å². The first kappa shape index (κ1) is 18.1. The van der Waals surface area contributed by atoms with Crippen LogP contribution in [-0.2, 0) is 0 Å². The van der Waals surface area contributed by atoms with E-state index in [1.54, 1.807) is 43.6 Å². The summed E-state index contributed by atoms with van der Waals surface area (Å²) in [6.07, 6.45) is 5.05. The number of carbonyl (C=O) groups is 1. The quantitative estimate of drug-likeness (QED) is 0.685. The van der Waals surface area contributed by atoms with Crippen LogP contribution in [0.1, 0.15) is 36.5 Å². The average Bonchev–Trinajstić information content (AvgIpc) is 2.59. The molecule has 0 radical (unpaired) electrons. The maximum absolute atomic E-state index is 12.4. The maximum atomic E-state index is 12.4. The Hall–Kier alpha value is -2.27. The molecule has 0 atom stereocenters. The number of nitrogens with one attached hydrogen (secondary N) is 2. The number of benzene rings is 1. The molecule has 1 heterocycles. The molecule has 128 valence electrons. The zero-order valence-electron chi connectivity index (χ0n) is 13.9. The number of unbranched alkanes of at least 4 members (excludes halogenated alkanes) is 2. The average molecular weight is 348 g/mol. The van der Waals surface area contributed by atoms with Gasteiger partial charge in [-0.2, -0.15) is 0 Å². The molecule has 2 N–H and O–H groups in total. The van der Waals surface area contributed by atoms with Crippen LogP contribution in [0.4, 0.5) is 11.5 Å². The SMILES string of the molecule is CCCCCNc1cc(C(=O)Nc2ccc(OC)c(Cl)c2)ccn1. The van der Waals surface area contributed by atoms with Crippen LogP contribution >= 0.6 is 11.6 Å². The summed E-state index contributed by atoms with van der Waals surface area (Å²) < 4.78 is 5.10. The Morgan fingerprint density at radius 1 is 1.25 bits per heavy atom. The van der Waals surface area contributed by atoms with E-state index in [1.807, 2.05) is 0 Å². The van der Waals surface area contributed by atoms with Gasteiger partial charge in [0.25, 0.3) is 5.91 Å². The first-order valence-corrected chi connectivity index (χ1v) is 8.36. The molecule has 2 aromatic rings. The normalized spacial score (nSPS) is 10.3. The van der Waals surface area contributed by atoms with E-state index in [1.165, 1.54) is 12.8 Å². The number of rotatable bonds is 8. The number of halogens is 1. The minimum absolute atomic E-state index is 0.213. The van der Waals surface area contributed by atoms with Gasteiger partial charge in [0.15, 0.2) is 0 Å². The molecular formula is C18H22ClN3O2. The first-order chi connectivity index (χ1) is 11.6. The molecule has 24 heavy (non-hydrogen) atoms. The van der Waals surface area contributed by atoms with Crippen molar-refractivity contribution < 1.29 is 9.53 Å². The molecule has 0 saturated heterocycles. The van der Waals surface area contributed by atoms with Gasteiger partial charge in [0, 0.05) is 24.0 Å². The molecule has 1 aromatic heterocycles. The maximum Gasteiger partial charge on any atom is 0.255 e. The Morgan fingerprint density at radius 2 is 2.08 bits per heavy atom. The fraction of sp³-hybridized carbons (Fsp3) is 0.333. The van der Waals surface area contributed by atoms with E-state index in [0.29, 0.717) is 27.8 Å². The number of nitrogens with zero attached hydrogens (tertiary/aromatic N) is 1. The number of methoxy groups -OCH3 is 1. The van der Waals surface area contributed by atoms with Gasteiger partial charge in [-0.25, -0.2) is 4.98 Å². The minimum atomic E-state index is -0.213. The molecular weight excluding hydrogens is 326 g/mol. The van der Waals surface area contributed by atoms with E-state index in [4.69, 9.17) is 16.3 Å². The number of aromatic nitrogens is 1. The van der Waals surface area contributed by atoms with Crippen molar-refractivity contribution in [2.75, 3.05) is 24.3 Å². The van der Waals surface area contributed by atoms with Gasteiger partial charge in [-0.05, 0) is 36.8 Å². The molecule has 0 aliphatic heterocycles. The number of hydrogen-bond donors (Lipinski definition) is 2. The molecule has 0 bridgehead atoms. The van der Waals surface area contributed by atoms with Crippen molar-refractivity contribution in [2.24, 2.45) is 0 Å². The smallest absolute Gasteiger partial charge is 0.255 e. The summed E-state index contributed by atoms with van der Waals surface area (Å²) in [4.78, 5) is 16.6. The topological polar surface area (TPSA) is 63.2 Å². The molecule has 0 saturated carbocycles. The van der Waals surface area contributed by atoms with Gasteiger partial charge in [0.1, 0.15) is 11.6 Å². The highest BCUT2D eigenvalue weighted by atomic mass is 35.5. The van der Waals surface area contributed by atoms with Gasteiger partial charge in [-0.15, -0.1) is 0 Å². The van der Waals surface area contributed by atoms with Crippen LogP contribution in [0.15, 0.2) is 36.5 Å². The van der Waals surface area contributed by atoms with Gasteiger partial charge < -0.3 is 15.4 Å². The summed E-state index contributed by atoms with van der Waals surface area (Å²) in [5.41, 5.74) is 1.15. The molecule has 0 fully saturated rings. The third-order valence-electron chi connectivity index (χ3n) is 3.52. The zero-order valence-corrected chi connectivity index (χ0v) is 14.7. The van der Waals surface area contributed by atoms with Crippen molar-refractivity contribution >= 4 is 29.0 Å². The first-order valence-electron chi connectivity index (χ1n) is 7.99. The van der Waals surface area contributed by atoms with Crippen LogP contribution in [0.2, 0.25) is 5.02 Å². The number of pyridine rings is 1. The van der Waals surface area contributed by atoms with Crippen molar-refractivity contribution in [3.05, 3.63) is 47.1 Å². The second kappa shape index (κ2) is 9.13. The third-order valence-corrected chi connectivity index (χ3v) is 3.81. The Balaban J connectivity index is 2.00. The lowest BCUT2D eigenvalue weighted by atomic mass is 10.2. The van der Waals surface area contributed by atoms with Crippen LogP contribution in [0.3, 0.4) is 0 Å². The monoisotopic (exact) mass is 347 g/mol. The van der Waals surface area contributed by atoms with Gasteiger partial charge >= 0.3 is 0 Å². The molecule has 0 spiro atoms. The van der Waals surface area contributed by atoms with E-state index < -0.39 is 0 Å². The standard InChI is InChI=1S/C18H22ClN3O2/c1-3-4-5-9-20-17-11-13(8-10-21-17)18(23)22-14-6-7-16(24-2)15(19)12-14/h6-8,10-12H,3-5,9H2,1-2H3,(H,20,21)(H,22,23). The van der Waals surface area contributed by atoms with E-state index in [-0.39, 0.29) is 5.91 Å². The second-order valence-corrected chi connectivity index (χ2v) is 5.77. The number of hydrogen-bond acceptors (Lipinski definition) is 4. The highest BCUT2D eigenvalue weighted by Crippen LogP contribution is 2.27. The van der Waals surface area contributed by atoms with Crippen LogP contribution in [0.5, 0.6) is 5.75 Å². The molecule has 2 rings (SSSR count). The number of ether oxygens (including phenoxy) is 1. The predicted octanol–water partition coefficient (Wildman–Crippen LogP) is 4.60. The van der Waals surface area contributed by atoms with E-state index in [0.717, 1.165) is 13.0 Å². The summed E-state index contributed by atoms with van der Waals surface area (Å²) in [7, 11) is 1.55. The molecule has 0 aliphatic rings. The Kier molecular flexibility index (Phi) is 6.88. The Morgan fingerprint density at radius 3 is 2.79 bits per heavy atom. The molecule has 0 aliphatic carbocycles. The highest BCUT2D eigenvalue weighted by molar-refractivity contribution is 6.32. The Bertz CT molecular complexity index is 692. The number of anilines is 2. The number of amides is 1. The summed E-state index contributed by atoms with van der Waals surface area (Å²) in [5, 5.41) is 6.50. The molecule has 5 nitrogen and oxygen atoms in total. The second-order valence-electron chi connectivity index (χ2n) is 5.37. The van der Waals surface area contributed by atoms with E-state index >= 15 is 0 Å². The van der Waals surface area contributed by atoms with E-state index in [2.05, 4.69) is 22.5 Å². The predicted molar refractivity (Wildman–Crippen MR) is 98.2 cm³/mol. The van der Waals surface area contributed by atoms with Crippen molar-refractivity contribution in [1.82, 2.24) is 4.98 Å². The van der Waals surface area contributed by atoms with Gasteiger partial charge in [-0.3, -0.25) is 4.79 Å². The summed E-state index contributed by atoms with van der Waals surface area (Å²) in [5.74, 6) is 1.05. The lowest BCUT2D eigenvalue weighted by molar-refractivity contribution is 0.102. The third kappa shape index (κ3) is 5.13. The fourth-order valence-electron chi connectivity index (χ4n) is 2.21. The lowest BCUT2D eigenvalue weighted by Gasteiger charge is -2.09. The van der Waals surface area contributed by atoms with Crippen molar-refractivity contribution in [3.63, 3.8) is 0 Å². The van der Waals surface area contributed by atoms with Gasteiger partial charge in [0.05, 0.1) is 12.1 Å². The Labute approximate surface area is 147 Å². The van der Waals surface area contributed by atoms with E-state index in [9.17, 15) is 4.79 Å². The van der Waals surface area contributed by atoms with Crippen LogP contribution in [0, 0.1) is 0 Å². The summed E-state index contributed by atoms with van der Waals surface area (Å²) in [6, 6.07) is 8.53. The molecule has 1 aromatic carbocycles. The lowest BCUT2D eigenvalue weighted by Crippen LogP contribution is -2.13. The highest BCUT2D eigenvalue weighted by Gasteiger charge is 2.09. The number of carbonyl (C=O) groups excluding carboxylic acids is 1. The van der Waals surface area contributed by atoms with Crippen molar-refractivity contribution in [1.29, 1.82) is 0 Å². The largest absolute Gasteiger partial charge is 0.495 e. The molecule has 0 unspecified atom stereocenters. The summed E-state index contributed by atoms with van der Waals surface area (Å²) >= 11 is 6.07. The molecule has 6 heteroatoms.